The number of Topliss-reactive ketones (excluding diaryl/α,β-unsaturated/α-hetero) is 2. The minimum atomic E-state index is -0.811. The summed E-state index contributed by atoms with van der Waals surface area (Å²) in [5.41, 5.74) is 1.43. The molecule has 0 saturated carbocycles. The summed E-state index contributed by atoms with van der Waals surface area (Å²) in [5.74, 6) is -0.00964. The van der Waals surface area contributed by atoms with Crippen molar-refractivity contribution in [2.75, 3.05) is 0 Å². The second kappa shape index (κ2) is 7.90. The lowest BCUT2D eigenvalue weighted by Gasteiger charge is -2.13. The number of halogens is 2. The highest BCUT2D eigenvalue weighted by atomic mass is 35.5. The molecule has 0 aliphatic heterocycles. The van der Waals surface area contributed by atoms with Gasteiger partial charge in [0.05, 0.1) is 16.9 Å². The van der Waals surface area contributed by atoms with Crippen LogP contribution in [0.25, 0.3) is 5.69 Å². The maximum Gasteiger partial charge on any atom is 0.224 e. The molecule has 8 heteroatoms. The fourth-order valence-electron chi connectivity index (χ4n) is 2.37. The number of carbonyl (C=O) groups excluding carboxylic acids is 2. The molecule has 1 aromatic heterocycles. The minimum Gasteiger partial charge on any atom is -0.481 e. The number of benzene rings is 2. The Morgan fingerprint density at radius 1 is 1.11 bits per heavy atom. The Morgan fingerprint density at radius 3 is 2.44 bits per heavy atom. The van der Waals surface area contributed by atoms with Gasteiger partial charge >= 0.3 is 0 Å². The zero-order valence-corrected chi connectivity index (χ0v) is 16.0. The van der Waals surface area contributed by atoms with E-state index in [-0.39, 0.29) is 17.3 Å². The van der Waals surface area contributed by atoms with Crippen LogP contribution in [-0.4, -0.2) is 32.7 Å². The summed E-state index contributed by atoms with van der Waals surface area (Å²) in [5, 5.41) is 8.67. The third kappa shape index (κ3) is 4.35. The Labute approximate surface area is 165 Å². The minimum absolute atomic E-state index is 0.0251. The molecule has 0 spiro atoms. The summed E-state index contributed by atoms with van der Waals surface area (Å²) in [4.78, 5) is 23.9. The van der Waals surface area contributed by atoms with Gasteiger partial charge in [-0.25, -0.2) is 4.68 Å². The lowest BCUT2D eigenvalue weighted by atomic mass is 10.1. The quantitative estimate of drug-likeness (QED) is 0.569. The first-order chi connectivity index (χ1) is 12.8. The Balaban J connectivity index is 1.74. The fraction of sp³-hybridized carbons (Fsp3) is 0.158. The van der Waals surface area contributed by atoms with Crippen LogP contribution in [0.5, 0.6) is 5.75 Å². The SMILES string of the molecule is CC(=O)c1ccc(-n2cc(C(=O)[C@H](C)Oc3ccc(Cl)cc3Cl)nn2)cc1. The summed E-state index contributed by atoms with van der Waals surface area (Å²) in [6.07, 6.45) is 0.697. The van der Waals surface area contributed by atoms with Crippen LogP contribution in [0.2, 0.25) is 10.0 Å². The van der Waals surface area contributed by atoms with Crippen LogP contribution in [0.15, 0.2) is 48.7 Å². The Hall–Kier alpha value is -2.70. The van der Waals surface area contributed by atoms with E-state index < -0.39 is 6.10 Å². The molecular weight excluding hydrogens is 389 g/mol. The van der Waals surface area contributed by atoms with E-state index in [2.05, 4.69) is 10.3 Å². The first kappa shape index (κ1) is 19.1. The average Bonchev–Trinajstić information content (AvgIpc) is 3.13. The third-order valence-electron chi connectivity index (χ3n) is 3.85. The van der Waals surface area contributed by atoms with E-state index in [1.807, 2.05) is 0 Å². The average molecular weight is 404 g/mol. The van der Waals surface area contributed by atoms with Gasteiger partial charge in [-0.15, -0.1) is 5.10 Å². The molecule has 0 bridgehead atoms. The van der Waals surface area contributed by atoms with E-state index in [9.17, 15) is 9.59 Å². The largest absolute Gasteiger partial charge is 0.481 e. The molecule has 0 fully saturated rings. The summed E-state index contributed by atoms with van der Waals surface area (Å²) in [6.45, 7) is 3.10. The van der Waals surface area contributed by atoms with Crippen molar-refractivity contribution in [3.63, 3.8) is 0 Å². The van der Waals surface area contributed by atoms with Gasteiger partial charge < -0.3 is 4.74 Å². The van der Waals surface area contributed by atoms with Gasteiger partial charge in [0.25, 0.3) is 0 Å². The van der Waals surface area contributed by atoms with Crippen molar-refractivity contribution in [2.45, 2.75) is 20.0 Å². The van der Waals surface area contributed by atoms with Crippen LogP contribution in [0, 0.1) is 0 Å². The molecule has 27 heavy (non-hydrogen) atoms. The zero-order valence-electron chi connectivity index (χ0n) is 14.5. The normalized spacial score (nSPS) is 11.9. The molecule has 6 nitrogen and oxygen atoms in total. The molecule has 2 aromatic carbocycles. The van der Waals surface area contributed by atoms with E-state index in [0.717, 1.165) is 0 Å². The van der Waals surface area contributed by atoms with Gasteiger partial charge in [0.2, 0.25) is 5.78 Å². The second-order valence-electron chi connectivity index (χ2n) is 5.85. The number of hydrogen-bond donors (Lipinski definition) is 0. The van der Waals surface area contributed by atoms with Crippen LogP contribution < -0.4 is 4.74 Å². The van der Waals surface area contributed by atoms with Gasteiger partial charge in [-0.2, -0.15) is 0 Å². The number of ether oxygens (including phenoxy) is 1. The monoisotopic (exact) mass is 403 g/mol. The second-order valence-corrected chi connectivity index (χ2v) is 6.69. The highest BCUT2D eigenvalue weighted by Gasteiger charge is 2.21. The molecule has 3 aromatic rings. The van der Waals surface area contributed by atoms with Gasteiger partial charge in [-0.05, 0) is 56.3 Å². The summed E-state index contributed by atoms with van der Waals surface area (Å²) in [7, 11) is 0. The Morgan fingerprint density at radius 2 is 1.81 bits per heavy atom. The molecule has 0 radical (unpaired) electrons. The van der Waals surface area contributed by atoms with Crippen molar-refractivity contribution in [3.05, 3.63) is 70.0 Å². The molecule has 1 atom stereocenters. The molecule has 0 aliphatic carbocycles. The lowest BCUT2D eigenvalue weighted by molar-refractivity contribution is 0.0812. The Kier molecular flexibility index (Phi) is 5.58. The standard InChI is InChI=1S/C19H15Cl2N3O3/c1-11(25)13-3-6-15(7-4-13)24-10-17(22-23-24)19(26)12(2)27-18-8-5-14(20)9-16(18)21/h3-10,12H,1-2H3/t12-/m0/s1. The lowest BCUT2D eigenvalue weighted by Crippen LogP contribution is -2.24. The van der Waals surface area contributed by atoms with Crippen LogP contribution in [0.4, 0.5) is 0 Å². The van der Waals surface area contributed by atoms with Crippen molar-refractivity contribution in [2.24, 2.45) is 0 Å². The number of aromatic nitrogens is 3. The molecule has 0 saturated heterocycles. The fourth-order valence-corrected chi connectivity index (χ4v) is 2.83. The summed E-state index contributed by atoms with van der Waals surface area (Å²) >= 11 is 11.9. The van der Waals surface area contributed by atoms with Gasteiger partial charge in [-0.1, -0.05) is 28.4 Å². The van der Waals surface area contributed by atoms with Gasteiger partial charge in [0, 0.05) is 10.6 Å². The zero-order chi connectivity index (χ0) is 19.6. The number of hydrogen-bond acceptors (Lipinski definition) is 5. The third-order valence-corrected chi connectivity index (χ3v) is 4.38. The van der Waals surface area contributed by atoms with E-state index in [4.69, 9.17) is 27.9 Å². The van der Waals surface area contributed by atoms with Crippen LogP contribution >= 0.6 is 23.2 Å². The smallest absolute Gasteiger partial charge is 0.224 e. The predicted molar refractivity (Wildman–Crippen MR) is 102 cm³/mol. The van der Waals surface area contributed by atoms with Crippen molar-refractivity contribution >= 4 is 34.8 Å². The summed E-state index contributed by atoms with van der Waals surface area (Å²) < 4.78 is 7.08. The maximum absolute atomic E-state index is 12.6. The first-order valence-corrected chi connectivity index (χ1v) is 8.80. The first-order valence-electron chi connectivity index (χ1n) is 8.05. The number of carbonyl (C=O) groups is 2. The Bertz CT molecular complexity index is 1000. The molecule has 0 N–H and O–H groups in total. The van der Waals surface area contributed by atoms with E-state index in [0.29, 0.717) is 27.0 Å². The van der Waals surface area contributed by atoms with Crippen molar-refractivity contribution in [1.82, 2.24) is 15.0 Å². The highest BCUT2D eigenvalue weighted by molar-refractivity contribution is 6.35. The molecule has 138 valence electrons. The van der Waals surface area contributed by atoms with Crippen molar-refractivity contribution < 1.29 is 14.3 Å². The van der Waals surface area contributed by atoms with Crippen molar-refractivity contribution in [1.29, 1.82) is 0 Å². The molecule has 3 rings (SSSR count). The number of ketones is 2. The molecule has 0 aliphatic rings. The van der Waals surface area contributed by atoms with Crippen LogP contribution in [0.1, 0.15) is 34.7 Å². The van der Waals surface area contributed by atoms with E-state index >= 15 is 0 Å². The van der Waals surface area contributed by atoms with Crippen LogP contribution in [0.3, 0.4) is 0 Å². The van der Waals surface area contributed by atoms with Gasteiger partial charge in [0.1, 0.15) is 5.75 Å². The molecule has 0 amide bonds. The highest BCUT2D eigenvalue weighted by Crippen LogP contribution is 2.28. The topological polar surface area (TPSA) is 74.1 Å². The van der Waals surface area contributed by atoms with Crippen LogP contribution in [-0.2, 0) is 0 Å². The molecular formula is C19H15Cl2N3O3. The van der Waals surface area contributed by atoms with Crippen molar-refractivity contribution in [3.8, 4) is 11.4 Å². The summed E-state index contributed by atoms with van der Waals surface area (Å²) in [6, 6.07) is 11.6. The van der Waals surface area contributed by atoms with E-state index in [1.54, 1.807) is 43.3 Å². The number of nitrogens with zero attached hydrogens (tertiary/aromatic N) is 3. The van der Waals surface area contributed by atoms with Gasteiger partial charge in [-0.3, -0.25) is 9.59 Å². The predicted octanol–water partition coefficient (Wildman–Crippen LogP) is 4.43. The van der Waals surface area contributed by atoms with E-state index in [1.165, 1.54) is 23.9 Å². The molecule has 1 heterocycles. The maximum atomic E-state index is 12.6. The number of rotatable bonds is 6. The van der Waals surface area contributed by atoms with Gasteiger partial charge in [0.15, 0.2) is 17.6 Å². The molecule has 0 unspecified atom stereocenters.